The Bertz CT molecular complexity index is 426. The molecular weight excluding hydrogens is 240 g/mol. The third kappa shape index (κ3) is 3.03. The molecule has 94 valence electrons. The second-order valence-electron chi connectivity index (χ2n) is 3.46. The van der Waals surface area contributed by atoms with E-state index < -0.39 is 29.4 Å². The van der Waals surface area contributed by atoms with Gasteiger partial charge in [0.1, 0.15) is 11.9 Å². The van der Waals surface area contributed by atoms with Crippen LogP contribution in [0.3, 0.4) is 0 Å². The van der Waals surface area contributed by atoms with Crippen LogP contribution in [-0.2, 0) is 15.7 Å². The normalized spacial score (nSPS) is 13.5. The van der Waals surface area contributed by atoms with Gasteiger partial charge in [0.25, 0.3) is 0 Å². The number of ketones is 1. The molecule has 2 nitrogen and oxygen atoms in total. The van der Waals surface area contributed by atoms with Gasteiger partial charge in [0.15, 0.2) is 5.78 Å². The molecule has 0 bridgehead atoms. The van der Waals surface area contributed by atoms with Crippen LogP contribution in [0.4, 0.5) is 17.6 Å². The summed E-state index contributed by atoms with van der Waals surface area (Å²) in [6.07, 6.45) is -6.07. The van der Waals surface area contributed by atoms with Gasteiger partial charge in [0, 0.05) is 12.7 Å². The van der Waals surface area contributed by atoms with Crippen molar-refractivity contribution in [3.8, 4) is 0 Å². The van der Waals surface area contributed by atoms with Crippen LogP contribution in [0.2, 0.25) is 0 Å². The van der Waals surface area contributed by atoms with Gasteiger partial charge in [0.05, 0.1) is 5.56 Å². The molecule has 0 N–H and O–H groups in total. The molecular formula is C11H10F4O2. The Balaban J connectivity index is 3.37. The van der Waals surface area contributed by atoms with Crippen molar-refractivity contribution >= 4 is 5.78 Å². The van der Waals surface area contributed by atoms with Crippen LogP contribution >= 0.6 is 0 Å². The molecule has 17 heavy (non-hydrogen) atoms. The molecule has 1 rings (SSSR count). The van der Waals surface area contributed by atoms with E-state index in [9.17, 15) is 22.4 Å². The number of alkyl halides is 3. The SMILES string of the molecule is COC(C(C)=O)c1ccc(F)cc1C(F)(F)F. The molecule has 0 aliphatic rings. The van der Waals surface area contributed by atoms with E-state index in [4.69, 9.17) is 4.74 Å². The lowest BCUT2D eigenvalue weighted by Gasteiger charge is -2.18. The smallest absolute Gasteiger partial charge is 0.369 e. The molecule has 0 fully saturated rings. The highest BCUT2D eigenvalue weighted by Crippen LogP contribution is 2.36. The third-order valence-corrected chi connectivity index (χ3v) is 2.21. The lowest BCUT2D eigenvalue weighted by atomic mass is 9.99. The van der Waals surface area contributed by atoms with E-state index in [0.29, 0.717) is 6.07 Å². The van der Waals surface area contributed by atoms with Crippen LogP contribution < -0.4 is 0 Å². The first-order valence-electron chi connectivity index (χ1n) is 4.67. The summed E-state index contributed by atoms with van der Waals surface area (Å²) < 4.78 is 55.5. The van der Waals surface area contributed by atoms with E-state index in [0.717, 1.165) is 26.2 Å². The molecule has 0 saturated carbocycles. The van der Waals surface area contributed by atoms with Gasteiger partial charge in [0.2, 0.25) is 0 Å². The van der Waals surface area contributed by atoms with E-state index in [1.54, 1.807) is 0 Å². The summed E-state index contributed by atoms with van der Waals surface area (Å²) in [7, 11) is 1.12. The summed E-state index contributed by atoms with van der Waals surface area (Å²) >= 11 is 0. The molecule has 0 heterocycles. The standard InChI is InChI=1S/C11H10F4O2/c1-6(16)10(17-2)8-4-3-7(12)5-9(8)11(13,14)15/h3-5,10H,1-2H3. The molecule has 1 aromatic carbocycles. The van der Waals surface area contributed by atoms with Gasteiger partial charge in [-0.1, -0.05) is 6.07 Å². The predicted molar refractivity (Wildman–Crippen MR) is 51.8 cm³/mol. The quantitative estimate of drug-likeness (QED) is 0.770. The summed E-state index contributed by atoms with van der Waals surface area (Å²) in [6.45, 7) is 1.11. The number of rotatable bonds is 3. The van der Waals surface area contributed by atoms with Crippen molar-refractivity contribution in [1.82, 2.24) is 0 Å². The fraction of sp³-hybridized carbons (Fsp3) is 0.364. The lowest BCUT2D eigenvalue weighted by molar-refractivity contribution is -0.140. The number of benzene rings is 1. The van der Waals surface area contributed by atoms with Gasteiger partial charge in [-0.15, -0.1) is 0 Å². The van der Waals surface area contributed by atoms with Crippen molar-refractivity contribution in [2.24, 2.45) is 0 Å². The van der Waals surface area contributed by atoms with Crippen molar-refractivity contribution in [3.05, 3.63) is 35.1 Å². The van der Waals surface area contributed by atoms with Gasteiger partial charge in [-0.2, -0.15) is 13.2 Å². The summed E-state index contributed by atoms with van der Waals surface area (Å²) in [5.41, 5.74) is -1.58. The maximum absolute atomic E-state index is 12.8. The average Bonchev–Trinajstić information content (AvgIpc) is 2.19. The number of halogens is 4. The minimum atomic E-state index is -4.73. The van der Waals surface area contributed by atoms with E-state index in [1.165, 1.54) is 0 Å². The number of hydrogen-bond donors (Lipinski definition) is 0. The molecule has 0 saturated heterocycles. The number of carbonyl (C=O) groups excluding carboxylic acids is 1. The average molecular weight is 250 g/mol. The molecule has 0 spiro atoms. The van der Waals surface area contributed by atoms with Crippen LogP contribution in [0.25, 0.3) is 0 Å². The maximum atomic E-state index is 12.8. The zero-order valence-electron chi connectivity index (χ0n) is 9.14. The Kier molecular flexibility index (Phi) is 3.87. The molecule has 6 heteroatoms. The summed E-state index contributed by atoms with van der Waals surface area (Å²) in [5, 5.41) is 0. The van der Waals surface area contributed by atoms with Crippen molar-refractivity contribution in [2.45, 2.75) is 19.2 Å². The maximum Gasteiger partial charge on any atom is 0.416 e. The molecule has 1 atom stereocenters. The van der Waals surface area contributed by atoms with Gasteiger partial charge >= 0.3 is 6.18 Å². The minimum absolute atomic E-state index is 0.351. The van der Waals surface area contributed by atoms with Gasteiger partial charge in [-0.25, -0.2) is 4.39 Å². The molecule has 0 amide bonds. The zero-order valence-corrected chi connectivity index (χ0v) is 9.14. The predicted octanol–water partition coefficient (Wildman–Crippen LogP) is 3.12. The number of Topliss-reactive ketones (excluding diaryl/α,β-unsaturated/α-hetero) is 1. The molecule has 0 aliphatic carbocycles. The second-order valence-corrected chi connectivity index (χ2v) is 3.46. The van der Waals surface area contributed by atoms with Crippen LogP contribution in [-0.4, -0.2) is 12.9 Å². The Hall–Kier alpha value is -1.43. The van der Waals surface area contributed by atoms with Crippen molar-refractivity contribution in [1.29, 1.82) is 0 Å². The minimum Gasteiger partial charge on any atom is -0.369 e. The summed E-state index contributed by atoms with van der Waals surface area (Å²) in [5.74, 6) is -1.59. The molecule has 0 aromatic heterocycles. The van der Waals surface area contributed by atoms with E-state index in [1.807, 2.05) is 0 Å². The number of carbonyl (C=O) groups is 1. The van der Waals surface area contributed by atoms with E-state index >= 15 is 0 Å². The monoisotopic (exact) mass is 250 g/mol. The highest BCUT2D eigenvalue weighted by atomic mass is 19.4. The van der Waals surface area contributed by atoms with Crippen molar-refractivity contribution in [2.75, 3.05) is 7.11 Å². The van der Waals surface area contributed by atoms with Crippen LogP contribution in [0, 0.1) is 5.82 Å². The highest BCUT2D eigenvalue weighted by molar-refractivity contribution is 5.82. The fourth-order valence-electron chi connectivity index (χ4n) is 1.51. The lowest BCUT2D eigenvalue weighted by Crippen LogP contribution is -2.18. The summed E-state index contributed by atoms with van der Waals surface area (Å²) in [4.78, 5) is 11.2. The molecule has 0 aliphatic heterocycles. The highest BCUT2D eigenvalue weighted by Gasteiger charge is 2.36. The molecule has 0 radical (unpaired) electrons. The first-order valence-corrected chi connectivity index (χ1v) is 4.67. The topological polar surface area (TPSA) is 26.3 Å². The van der Waals surface area contributed by atoms with Gasteiger partial charge in [-0.3, -0.25) is 4.79 Å². The zero-order chi connectivity index (χ0) is 13.2. The first-order chi connectivity index (χ1) is 7.77. The summed E-state index contributed by atoms with van der Waals surface area (Å²) in [6, 6.07) is 2.12. The first kappa shape index (κ1) is 13.6. The van der Waals surface area contributed by atoms with Gasteiger partial charge < -0.3 is 4.74 Å². The van der Waals surface area contributed by atoms with Crippen molar-refractivity contribution < 1.29 is 27.1 Å². The number of methoxy groups -OCH3 is 1. The Morgan fingerprint density at radius 1 is 1.35 bits per heavy atom. The Labute approximate surface area is 95.2 Å². The largest absolute Gasteiger partial charge is 0.416 e. The fourth-order valence-corrected chi connectivity index (χ4v) is 1.51. The molecule has 1 aromatic rings. The Morgan fingerprint density at radius 3 is 2.35 bits per heavy atom. The third-order valence-electron chi connectivity index (χ3n) is 2.21. The van der Waals surface area contributed by atoms with Crippen LogP contribution in [0.5, 0.6) is 0 Å². The number of hydrogen-bond acceptors (Lipinski definition) is 2. The van der Waals surface area contributed by atoms with Gasteiger partial charge in [-0.05, 0) is 19.1 Å². The van der Waals surface area contributed by atoms with Crippen molar-refractivity contribution in [3.63, 3.8) is 0 Å². The Morgan fingerprint density at radius 2 is 1.94 bits per heavy atom. The molecule has 1 unspecified atom stereocenters. The second kappa shape index (κ2) is 4.83. The number of ether oxygens (including phenoxy) is 1. The van der Waals surface area contributed by atoms with Crippen LogP contribution in [0.15, 0.2) is 18.2 Å². The van der Waals surface area contributed by atoms with Crippen LogP contribution in [0.1, 0.15) is 24.2 Å². The van der Waals surface area contributed by atoms with E-state index in [-0.39, 0.29) is 5.56 Å². The van der Waals surface area contributed by atoms with E-state index in [2.05, 4.69) is 0 Å².